The van der Waals surface area contributed by atoms with Crippen molar-refractivity contribution in [3.63, 3.8) is 0 Å². The van der Waals surface area contributed by atoms with Crippen LogP contribution in [0.2, 0.25) is 0 Å². The van der Waals surface area contributed by atoms with Gasteiger partial charge in [0.05, 0.1) is 6.42 Å². The highest BCUT2D eigenvalue weighted by Crippen LogP contribution is 2.36. The highest BCUT2D eigenvalue weighted by Gasteiger charge is 2.15. The summed E-state index contributed by atoms with van der Waals surface area (Å²) in [5.74, 6) is 0.753. The van der Waals surface area contributed by atoms with E-state index >= 15 is 0 Å². The molecule has 0 bridgehead atoms. The van der Waals surface area contributed by atoms with Gasteiger partial charge in [-0.25, -0.2) is 0 Å². The number of benzene rings is 1. The van der Waals surface area contributed by atoms with Gasteiger partial charge in [0.1, 0.15) is 13.2 Å². The van der Waals surface area contributed by atoms with Crippen molar-refractivity contribution in [2.24, 2.45) is 0 Å². The topological polar surface area (TPSA) is 67.8 Å². The molecule has 1 aliphatic rings. The third-order valence-electron chi connectivity index (χ3n) is 2.78. The molecule has 19 heavy (non-hydrogen) atoms. The third-order valence-corrected chi connectivity index (χ3v) is 3.60. The van der Waals surface area contributed by atoms with Crippen molar-refractivity contribution < 1.29 is 19.4 Å². The summed E-state index contributed by atoms with van der Waals surface area (Å²) in [5.41, 5.74) is 1.10. The van der Waals surface area contributed by atoms with E-state index in [0.29, 0.717) is 26.3 Å². The van der Waals surface area contributed by atoms with Gasteiger partial charge in [-0.2, -0.15) is 0 Å². The Hall–Kier alpha value is -1.40. The minimum atomic E-state index is -0.792. The van der Waals surface area contributed by atoms with Crippen molar-refractivity contribution in [1.82, 2.24) is 5.32 Å². The molecule has 0 unspecified atom stereocenters. The molecule has 0 saturated heterocycles. The van der Waals surface area contributed by atoms with Gasteiger partial charge in [-0.05, 0) is 24.0 Å². The van der Waals surface area contributed by atoms with Crippen LogP contribution >= 0.6 is 11.8 Å². The second-order valence-electron chi connectivity index (χ2n) is 4.13. The molecule has 2 N–H and O–H groups in total. The van der Waals surface area contributed by atoms with Gasteiger partial charge in [0.25, 0.3) is 0 Å². The Balaban J connectivity index is 2.04. The number of rotatable bonds is 6. The molecule has 1 aromatic rings. The average molecular weight is 283 g/mol. The maximum atomic E-state index is 10.4. The van der Waals surface area contributed by atoms with Crippen molar-refractivity contribution in [2.75, 3.05) is 26.0 Å². The molecular formula is C13H17NO4S. The first-order chi connectivity index (χ1) is 9.20. The van der Waals surface area contributed by atoms with Crippen molar-refractivity contribution in [3.05, 3.63) is 17.7 Å². The molecule has 0 saturated carbocycles. The predicted octanol–water partition coefficient (Wildman–Crippen LogP) is 1.74. The van der Waals surface area contributed by atoms with Crippen LogP contribution in [0.1, 0.15) is 12.0 Å². The summed E-state index contributed by atoms with van der Waals surface area (Å²) in [6.07, 6.45) is 2.13. The molecule has 2 rings (SSSR count). The molecule has 0 fully saturated rings. The van der Waals surface area contributed by atoms with Gasteiger partial charge in [-0.1, -0.05) is 0 Å². The zero-order chi connectivity index (χ0) is 13.7. The fourth-order valence-electron chi connectivity index (χ4n) is 1.86. The summed E-state index contributed by atoms with van der Waals surface area (Å²) in [7, 11) is 0. The first kappa shape index (κ1) is 14.0. The lowest BCUT2D eigenvalue weighted by atomic mass is 10.2. The Labute approximate surface area is 116 Å². The lowest BCUT2D eigenvalue weighted by Crippen LogP contribution is -2.19. The van der Waals surface area contributed by atoms with E-state index in [2.05, 4.69) is 5.32 Å². The zero-order valence-electron chi connectivity index (χ0n) is 10.8. The van der Waals surface area contributed by atoms with Gasteiger partial charge in [0.15, 0.2) is 11.5 Å². The summed E-state index contributed by atoms with van der Waals surface area (Å²) >= 11 is 1.64. The number of hydrogen-bond acceptors (Lipinski definition) is 5. The van der Waals surface area contributed by atoms with Crippen LogP contribution in [0.3, 0.4) is 0 Å². The number of aliphatic carboxylic acids is 1. The van der Waals surface area contributed by atoms with Crippen molar-refractivity contribution in [1.29, 1.82) is 0 Å². The van der Waals surface area contributed by atoms with Crippen LogP contribution in [-0.2, 0) is 11.3 Å². The smallest absolute Gasteiger partial charge is 0.304 e. The van der Waals surface area contributed by atoms with Crippen LogP contribution in [0, 0.1) is 0 Å². The maximum absolute atomic E-state index is 10.4. The number of hydrogen-bond donors (Lipinski definition) is 2. The van der Waals surface area contributed by atoms with Crippen LogP contribution in [-0.4, -0.2) is 37.1 Å². The standard InChI is InChI=1S/C13H17NO4S/c1-19-12-7-11-10(17-4-5-18-11)6-9(12)8-14-3-2-13(15)16/h6-7,14H,2-5,8H2,1H3,(H,15,16). The second-order valence-corrected chi connectivity index (χ2v) is 4.98. The van der Waals surface area contributed by atoms with E-state index in [1.54, 1.807) is 11.8 Å². The number of carboxylic acid groups (broad SMARTS) is 1. The van der Waals surface area contributed by atoms with E-state index in [1.807, 2.05) is 18.4 Å². The second kappa shape index (κ2) is 6.68. The van der Waals surface area contributed by atoms with Crippen LogP contribution in [0.25, 0.3) is 0 Å². The summed E-state index contributed by atoms with van der Waals surface area (Å²) in [4.78, 5) is 11.6. The summed E-state index contributed by atoms with van der Waals surface area (Å²) in [6.45, 7) is 2.23. The molecule has 0 aromatic heterocycles. The number of ether oxygens (including phenoxy) is 2. The highest BCUT2D eigenvalue weighted by molar-refractivity contribution is 7.98. The zero-order valence-corrected chi connectivity index (χ0v) is 11.6. The Morgan fingerprint density at radius 3 is 2.68 bits per heavy atom. The van der Waals surface area contributed by atoms with Crippen molar-refractivity contribution in [3.8, 4) is 11.5 Å². The Kier molecular flexibility index (Phi) is 4.93. The first-order valence-electron chi connectivity index (χ1n) is 6.09. The molecule has 1 aliphatic heterocycles. The molecule has 5 nitrogen and oxygen atoms in total. The minimum absolute atomic E-state index is 0.124. The Morgan fingerprint density at radius 1 is 1.37 bits per heavy atom. The molecule has 1 heterocycles. The molecular weight excluding hydrogens is 266 g/mol. The van der Waals surface area contributed by atoms with Crippen LogP contribution < -0.4 is 14.8 Å². The van der Waals surface area contributed by atoms with E-state index in [-0.39, 0.29) is 6.42 Å². The lowest BCUT2D eigenvalue weighted by Gasteiger charge is -2.20. The van der Waals surface area contributed by atoms with Crippen LogP contribution in [0.4, 0.5) is 0 Å². The summed E-state index contributed by atoms with van der Waals surface area (Å²) in [6, 6.07) is 3.95. The first-order valence-corrected chi connectivity index (χ1v) is 7.32. The van der Waals surface area contributed by atoms with Gasteiger partial charge in [0, 0.05) is 18.0 Å². The van der Waals surface area contributed by atoms with Gasteiger partial charge < -0.3 is 19.9 Å². The fraction of sp³-hybridized carbons (Fsp3) is 0.462. The van der Waals surface area contributed by atoms with Crippen molar-refractivity contribution >= 4 is 17.7 Å². The SMILES string of the molecule is CSc1cc2c(cc1CNCCC(=O)O)OCCO2. The molecule has 0 atom stereocenters. The van der Waals surface area contributed by atoms with Crippen molar-refractivity contribution in [2.45, 2.75) is 17.9 Å². The number of carbonyl (C=O) groups is 1. The van der Waals surface area contributed by atoms with E-state index in [1.165, 1.54) is 0 Å². The van der Waals surface area contributed by atoms with Gasteiger partial charge in [-0.3, -0.25) is 4.79 Å². The van der Waals surface area contributed by atoms with E-state index in [4.69, 9.17) is 14.6 Å². The van der Waals surface area contributed by atoms with E-state index < -0.39 is 5.97 Å². The molecule has 0 radical (unpaired) electrons. The number of thioether (sulfide) groups is 1. The highest BCUT2D eigenvalue weighted by atomic mass is 32.2. The Bertz CT molecular complexity index is 464. The maximum Gasteiger partial charge on any atom is 0.304 e. The molecule has 6 heteroatoms. The lowest BCUT2D eigenvalue weighted by molar-refractivity contribution is -0.136. The third kappa shape index (κ3) is 3.78. The number of fused-ring (bicyclic) bond motifs is 1. The monoisotopic (exact) mass is 283 g/mol. The molecule has 104 valence electrons. The van der Waals surface area contributed by atoms with Crippen LogP contribution in [0.5, 0.6) is 11.5 Å². The quantitative estimate of drug-likeness (QED) is 0.612. The van der Waals surface area contributed by atoms with Gasteiger partial charge in [0.2, 0.25) is 0 Å². The van der Waals surface area contributed by atoms with Gasteiger partial charge >= 0.3 is 5.97 Å². The summed E-state index contributed by atoms with van der Waals surface area (Å²) < 4.78 is 11.1. The summed E-state index contributed by atoms with van der Waals surface area (Å²) in [5, 5.41) is 11.7. The number of carboxylic acids is 1. The Morgan fingerprint density at radius 2 is 2.05 bits per heavy atom. The van der Waals surface area contributed by atoms with Crippen LogP contribution in [0.15, 0.2) is 17.0 Å². The minimum Gasteiger partial charge on any atom is -0.486 e. The molecule has 1 aromatic carbocycles. The number of nitrogens with one attached hydrogen (secondary N) is 1. The average Bonchev–Trinajstić information content (AvgIpc) is 2.42. The normalized spacial score (nSPS) is 13.3. The van der Waals surface area contributed by atoms with E-state index in [0.717, 1.165) is 22.0 Å². The largest absolute Gasteiger partial charge is 0.486 e. The van der Waals surface area contributed by atoms with E-state index in [9.17, 15) is 4.79 Å². The molecule has 0 amide bonds. The predicted molar refractivity (Wildman–Crippen MR) is 73.2 cm³/mol. The van der Waals surface area contributed by atoms with Gasteiger partial charge in [-0.15, -0.1) is 11.8 Å². The molecule has 0 aliphatic carbocycles. The molecule has 0 spiro atoms. The fourth-order valence-corrected chi connectivity index (χ4v) is 2.48.